The summed E-state index contributed by atoms with van der Waals surface area (Å²) in [4.78, 5) is 14.4. The largest absolute Gasteiger partial charge is 0.354 e. The lowest BCUT2D eigenvalue weighted by atomic mass is 10.2. The van der Waals surface area contributed by atoms with Crippen molar-refractivity contribution in [3.8, 4) is 17.2 Å². The number of aryl methyl sites for hydroxylation is 2. The summed E-state index contributed by atoms with van der Waals surface area (Å²) in [5.41, 5.74) is 3.08. The quantitative estimate of drug-likeness (QED) is 0.728. The van der Waals surface area contributed by atoms with E-state index in [4.69, 9.17) is 9.97 Å². The molecule has 1 aliphatic rings. The number of anilines is 1. The summed E-state index contributed by atoms with van der Waals surface area (Å²) < 4.78 is 1.91. The van der Waals surface area contributed by atoms with E-state index in [2.05, 4.69) is 41.0 Å². The van der Waals surface area contributed by atoms with Crippen molar-refractivity contribution < 1.29 is 0 Å². The molecule has 0 unspecified atom stereocenters. The highest BCUT2D eigenvalue weighted by Gasteiger charge is 2.19. The predicted octanol–water partition coefficient (Wildman–Crippen LogP) is 2.70. The third-order valence-corrected chi connectivity index (χ3v) is 4.78. The van der Waals surface area contributed by atoms with Crippen molar-refractivity contribution >= 4 is 5.82 Å². The molecule has 0 spiro atoms. The van der Waals surface area contributed by atoms with E-state index in [0.717, 1.165) is 60.6 Å². The van der Waals surface area contributed by atoms with Gasteiger partial charge in [-0.1, -0.05) is 30.3 Å². The van der Waals surface area contributed by atoms with Crippen LogP contribution >= 0.6 is 0 Å². The van der Waals surface area contributed by atoms with Gasteiger partial charge in [-0.15, -0.1) is 0 Å². The van der Waals surface area contributed by atoms with E-state index in [9.17, 15) is 0 Å². The van der Waals surface area contributed by atoms with E-state index in [1.165, 1.54) is 0 Å². The van der Waals surface area contributed by atoms with Gasteiger partial charge in [0.1, 0.15) is 5.82 Å². The molecule has 0 radical (unpaired) electrons. The number of aromatic nitrogens is 4. The van der Waals surface area contributed by atoms with Gasteiger partial charge >= 0.3 is 0 Å². The first-order chi connectivity index (χ1) is 12.6. The first-order valence-corrected chi connectivity index (χ1v) is 9.02. The number of benzene rings is 1. The first-order valence-electron chi connectivity index (χ1n) is 9.02. The molecule has 6 nitrogen and oxygen atoms in total. The number of piperazine rings is 1. The van der Waals surface area contributed by atoms with Gasteiger partial charge in [0.2, 0.25) is 0 Å². The molecule has 1 saturated heterocycles. The van der Waals surface area contributed by atoms with E-state index >= 15 is 0 Å². The Hall–Kier alpha value is -2.73. The molecule has 2 aromatic heterocycles. The molecule has 0 atom stereocenters. The Kier molecular flexibility index (Phi) is 4.42. The second kappa shape index (κ2) is 6.88. The number of hydrogen-bond donors (Lipinski definition) is 0. The molecule has 3 heterocycles. The molecule has 6 heteroatoms. The lowest BCUT2D eigenvalue weighted by molar-refractivity contribution is 0.312. The minimum atomic E-state index is 0.740. The van der Waals surface area contributed by atoms with Crippen molar-refractivity contribution in [3.05, 3.63) is 53.9 Å². The summed E-state index contributed by atoms with van der Waals surface area (Å²) in [5, 5.41) is 4.61. The molecule has 0 amide bonds. The number of likely N-dealkylation sites (N-methyl/N-ethyl adjacent to an activating group) is 1. The molecule has 0 aliphatic carbocycles. The molecular formula is C20H24N6. The molecular weight excluding hydrogens is 324 g/mol. The summed E-state index contributed by atoms with van der Waals surface area (Å²) >= 11 is 0. The summed E-state index contributed by atoms with van der Waals surface area (Å²) in [5.74, 6) is 2.53. The minimum absolute atomic E-state index is 0.740. The highest BCUT2D eigenvalue weighted by atomic mass is 15.3. The summed E-state index contributed by atoms with van der Waals surface area (Å²) in [6.07, 6.45) is 0. The average Bonchev–Trinajstić information content (AvgIpc) is 3.01. The van der Waals surface area contributed by atoms with Crippen LogP contribution in [0.2, 0.25) is 0 Å². The van der Waals surface area contributed by atoms with Crippen LogP contribution in [0.1, 0.15) is 11.4 Å². The average molecular weight is 348 g/mol. The van der Waals surface area contributed by atoms with Gasteiger partial charge in [0, 0.05) is 43.5 Å². The molecule has 0 bridgehead atoms. The fourth-order valence-corrected chi connectivity index (χ4v) is 3.31. The standard InChI is InChI=1S/C20H24N6/c1-15-13-16(2)26(23-15)19-14-18(25-11-9-24(3)10-12-25)21-20(22-19)17-7-5-4-6-8-17/h4-8,13-14H,9-12H2,1-3H3. The topological polar surface area (TPSA) is 50.1 Å². The van der Waals surface area contributed by atoms with E-state index in [1.54, 1.807) is 0 Å². The Balaban J connectivity index is 1.81. The van der Waals surface area contributed by atoms with Gasteiger partial charge in [-0.25, -0.2) is 14.6 Å². The monoisotopic (exact) mass is 348 g/mol. The number of rotatable bonds is 3. The Morgan fingerprint density at radius 2 is 1.54 bits per heavy atom. The van der Waals surface area contributed by atoms with Crippen LogP contribution in [0.15, 0.2) is 42.5 Å². The number of nitrogens with zero attached hydrogens (tertiary/aromatic N) is 6. The highest BCUT2D eigenvalue weighted by molar-refractivity contribution is 5.59. The first kappa shape index (κ1) is 16.7. The van der Waals surface area contributed by atoms with Gasteiger partial charge in [-0.05, 0) is 27.0 Å². The highest BCUT2D eigenvalue weighted by Crippen LogP contribution is 2.23. The van der Waals surface area contributed by atoms with Crippen LogP contribution in [-0.4, -0.2) is 57.9 Å². The minimum Gasteiger partial charge on any atom is -0.354 e. The molecule has 26 heavy (non-hydrogen) atoms. The summed E-state index contributed by atoms with van der Waals surface area (Å²) in [6, 6.07) is 14.3. The Bertz CT molecular complexity index is 894. The normalized spacial score (nSPS) is 15.4. The zero-order chi connectivity index (χ0) is 18.1. The summed E-state index contributed by atoms with van der Waals surface area (Å²) in [7, 11) is 2.16. The molecule has 1 fully saturated rings. The van der Waals surface area contributed by atoms with Crippen LogP contribution in [0.4, 0.5) is 5.82 Å². The Labute approximate surface area is 154 Å². The smallest absolute Gasteiger partial charge is 0.163 e. The molecule has 0 N–H and O–H groups in total. The van der Waals surface area contributed by atoms with Crippen molar-refractivity contribution in [1.82, 2.24) is 24.6 Å². The van der Waals surface area contributed by atoms with E-state index in [1.807, 2.05) is 41.9 Å². The second-order valence-electron chi connectivity index (χ2n) is 6.90. The fraction of sp³-hybridized carbons (Fsp3) is 0.350. The van der Waals surface area contributed by atoms with Gasteiger partial charge in [0.05, 0.1) is 5.69 Å². The predicted molar refractivity (Wildman–Crippen MR) is 104 cm³/mol. The van der Waals surface area contributed by atoms with Crippen LogP contribution < -0.4 is 4.90 Å². The lowest BCUT2D eigenvalue weighted by Crippen LogP contribution is -2.44. The van der Waals surface area contributed by atoms with Crippen molar-refractivity contribution in [2.24, 2.45) is 0 Å². The molecule has 134 valence electrons. The van der Waals surface area contributed by atoms with Crippen LogP contribution in [0.3, 0.4) is 0 Å². The van der Waals surface area contributed by atoms with Gasteiger partial charge in [-0.2, -0.15) is 5.10 Å². The van der Waals surface area contributed by atoms with Crippen molar-refractivity contribution in [2.45, 2.75) is 13.8 Å². The third kappa shape index (κ3) is 3.32. The van der Waals surface area contributed by atoms with Crippen LogP contribution in [0, 0.1) is 13.8 Å². The van der Waals surface area contributed by atoms with Gasteiger partial charge < -0.3 is 9.80 Å². The fourth-order valence-electron chi connectivity index (χ4n) is 3.31. The van der Waals surface area contributed by atoms with Crippen LogP contribution in [-0.2, 0) is 0 Å². The van der Waals surface area contributed by atoms with E-state index < -0.39 is 0 Å². The maximum atomic E-state index is 4.87. The van der Waals surface area contributed by atoms with E-state index in [-0.39, 0.29) is 0 Å². The van der Waals surface area contributed by atoms with Crippen LogP contribution in [0.5, 0.6) is 0 Å². The third-order valence-electron chi connectivity index (χ3n) is 4.78. The van der Waals surface area contributed by atoms with Gasteiger partial charge in [0.25, 0.3) is 0 Å². The maximum Gasteiger partial charge on any atom is 0.163 e. The zero-order valence-electron chi connectivity index (χ0n) is 15.6. The lowest BCUT2D eigenvalue weighted by Gasteiger charge is -2.33. The molecule has 1 aliphatic heterocycles. The van der Waals surface area contributed by atoms with Crippen molar-refractivity contribution in [3.63, 3.8) is 0 Å². The molecule has 3 aromatic rings. The van der Waals surface area contributed by atoms with Gasteiger partial charge in [-0.3, -0.25) is 0 Å². The SMILES string of the molecule is Cc1cc(C)n(-c2cc(N3CCN(C)CC3)nc(-c3ccccc3)n2)n1. The zero-order valence-corrected chi connectivity index (χ0v) is 15.6. The second-order valence-corrected chi connectivity index (χ2v) is 6.90. The van der Waals surface area contributed by atoms with E-state index in [0.29, 0.717) is 0 Å². The molecule has 0 saturated carbocycles. The van der Waals surface area contributed by atoms with Crippen molar-refractivity contribution in [2.75, 3.05) is 38.1 Å². The maximum absolute atomic E-state index is 4.87. The van der Waals surface area contributed by atoms with Crippen LogP contribution in [0.25, 0.3) is 17.2 Å². The Morgan fingerprint density at radius 3 is 2.19 bits per heavy atom. The van der Waals surface area contributed by atoms with Crippen molar-refractivity contribution in [1.29, 1.82) is 0 Å². The summed E-state index contributed by atoms with van der Waals surface area (Å²) in [6.45, 7) is 8.08. The molecule has 4 rings (SSSR count). The Morgan fingerprint density at radius 1 is 0.846 bits per heavy atom. The molecule has 1 aromatic carbocycles. The van der Waals surface area contributed by atoms with Gasteiger partial charge in [0.15, 0.2) is 11.6 Å². The number of hydrogen-bond acceptors (Lipinski definition) is 5.